The van der Waals surface area contributed by atoms with Gasteiger partial charge in [-0.3, -0.25) is 4.99 Å². The largest absolute Gasteiger partial charge is 0.301 e. The number of nitrogens with zero attached hydrogens (tertiary/aromatic N) is 2. The number of benzene rings is 2. The zero-order valence-corrected chi connectivity index (χ0v) is 12.6. The summed E-state index contributed by atoms with van der Waals surface area (Å²) in [5, 5.41) is 0. The van der Waals surface area contributed by atoms with E-state index in [-0.39, 0.29) is 0 Å². The van der Waals surface area contributed by atoms with Gasteiger partial charge in [0, 0.05) is 31.3 Å². The van der Waals surface area contributed by atoms with Crippen LogP contribution in [0.4, 0.5) is 0 Å². The van der Waals surface area contributed by atoms with Crippen molar-refractivity contribution in [2.24, 2.45) is 4.99 Å². The summed E-state index contributed by atoms with van der Waals surface area (Å²) in [7, 11) is 2.16. The smallest absolute Gasteiger partial charge is 0.0498 e. The minimum atomic E-state index is 0.353. The van der Waals surface area contributed by atoms with Crippen molar-refractivity contribution in [2.75, 3.05) is 26.7 Å². The zero-order chi connectivity index (χ0) is 14.5. The quantitative estimate of drug-likeness (QED) is 0.834. The first-order chi connectivity index (χ1) is 10.3. The fourth-order valence-electron chi connectivity index (χ4n) is 2.91. The molecule has 3 rings (SSSR count). The zero-order valence-electron chi connectivity index (χ0n) is 12.6. The van der Waals surface area contributed by atoms with Crippen molar-refractivity contribution >= 4 is 5.71 Å². The first kappa shape index (κ1) is 14.0. The molecule has 2 aromatic carbocycles. The minimum Gasteiger partial charge on any atom is -0.301 e. The summed E-state index contributed by atoms with van der Waals surface area (Å²) >= 11 is 0. The van der Waals surface area contributed by atoms with Gasteiger partial charge in [-0.2, -0.15) is 0 Å². The molecule has 0 aromatic heterocycles. The fraction of sp³-hybridized carbons (Fsp3) is 0.316. The Labute approximate surface area is 127 Å². The van der Waals surface area contributed by atoms with Gasteiger partial charge < -0.3 is 4.90 Å². The summed E-state index contributed by atoms with van der Waals surface area (Å²) in [5.41, 5.74) is 4.04. The van der Waals surface area contributed by atoms with E-state index in [1.807, 2.05) is 0 Å². The molecule has 0 spiro atoms. The Morgan fingerprint density at radius 3 is 2.00 bits per heavy atom. The summed E-state index contributed by atoms with van der Waals surface area (Å²) in [6.45, 7) is 3.01. The van der Waals surface area contributed by atoms with E-state index in [9.17, 15) is 0 Å². The molecule has 1 saturated heterocycles. The lowest BCUT2D eigenvalue weighted by atomic mass is 9.91. The van der Waals surface area contributed by atoms with Crippen molar-refractivity contribution in [3.05, 3.63) is 71.8 Å². The van der Waals surface area contributed by atoms with E-state index in [0.29, 0.717) is 5.92 Å². The predicted octanol–water partition coefficient (Wildman–Crippen LogP) is 3.60. The van der Waals surface area contributed by atoms with Crippen molar-refractivity contribution in [1.82, 2.24) is 4.90 Å². The van der Waals surface area contributed by atoms with Crippen LogP contribution in [0, 0.1) is 0 Å². The molecule has 0 aliphatic carbocycles. The maximum atomic E-state index is 4.90. The summed E-state index contributed by atoms with van der Waals surface area (Å²) in [4.78, 5) is 7.23. The van der Waals surface area contributed by atoms with E-state index >= 15 is 0 Å². The molecule has 0 N–H and O–H groups in total. The average molecular weight is 278 g/mol. The highest BCUT2D eigenvalue weighted by molar-refractivity contribution is 5.88. The summed E-state index contributed by atoms with van der Waals surface area (Å²) < 4.78 is 0. The molecule has 2 nitrogen and oxygen atoms in total. The number of likely N-dealkylation sites (tertiary alicyclic amines) is 1. The molecule has 0 atom stereocenters. The minimum absolute atomic E-state index is 0.353. The molecule has 2 heteroatoms. The second-order valence-corrected chi connectivity index (χ2v) is 5.77. The van der Waals surface area contributed by atoms with Gasteiger partial charge in [0.2, 0.25) is 0 Å². The number of hydrogen-bond donors (Lipinski definition) is 0. The lowest BCUT2D eigenvalue weighted by Crippen LogP contribution is -2.14. The molecule has 0 unspecified atom stereocenters. The van der Waals surface area contributed by atoms with Gasteiger partial charge in [0.25, 0.3) is 0 Å². The van der Waals surface area contributed by atoms with Gasteiger partial charge in [0.05, 0.1) is 0 Å². The van der Waals surface area contributed by atoms with Gasteiger partial charge in [-0.25, -0.2) is 0 Å². The van der Waals surface area contributed by atoms with Crippen LogP contribution in [-0.4, -0.2) is 37.3 Å². The maximum absolute atomic E-state index is 4.90. The van der Waals surface area contributed by atoms with Gasteiger partial charge in [-0.15, -0.1) is 0 Å². The highest BCUT2D eigenvalue weighted by Crippen LogP contribution is 2.25. The Bertz CT molecular complexity index is 550. The number of hydrogen-bond acceptors (Lipinski definition) is 2. The molecule has 1 heterocycles. The number of aliphatic imine (C=N–C) groups is 1. The Balaban J connectivity index is 1.83. The van der Waals surface area contributed by atoms with Crippen LogP contribution < -0.4 is 0 Å². The summed E-state index contributed by atoms with van der Waals surface area (Å²) in [5.74, 6) is 0.353. The topological polar surface area (TPSA) is 15.6 Å². The molecule has 0 amide bonds. The predicted molar refractivity (Wildman–Crippen MR) is 89.1 cm³/mol. The second-order valence-electron chi connectivity index (χ2n) is 5.77. The molecule has 1 fully saturated rings. The Hall–Kier alpha value is -1.93. The van der Waals surface area contributed by atoms with Gasteiger partial charge >= 0.3 is 0 Å². The van der Waals surface area contributed by atoms with E-state index in [0.717, 1.165) is 26.1 Å². The van der Waals surface area contributed by atoms with Crippen LogP contribution in [0.5, 0.6) is 0 Å². The lowest BCUT2D eigenvalue weighted by molar-refractivity contribution is 0.428. The van der Waals surface area contributed by atoms with Gasteiger partial charge in [0.15, 0.2) is 0 Å². The van der Waals surface area contributed by atoms with Gasteiger partial charge in [-0.05, 0) is 24.6 Å². The summed E-state index contributed by atoms with van der Waals surface area (Å²) in [6.07, 6.45) is 1.12. The molecular weight excluding hydrogens is 256 g/mol. The molecule has 108 valence electrons. The third-order valence-electron chi connectivity index (χ3n) is 4.14. The Morgan fingerprint density at radius 2 is 1.52 bits per heavy atom. The maximum Gasteiger partial charge on any atom is 0.0498 e. The van der Waals surface area contributed by atoms with Crippen LogP contribution in [0.2, 0.25) is 0 Å². The van der Waals surface area contributed by atoms with Crippen molar-refractivity contribution in [1.29, 1.82) is 0 Å². The molecule has 0 radical (unpaired) electrons. The van der Waals surface area contributed by atoms with Crippen LogP contribution in [0.3, 0.4) is 0 Å². The van der Waals surface area contributed by atoms with Crippen molar-refractivity contribution < 1.29 is 0 Å². The van der Waals surface area contributed by atoms with Gasteiger partial charge in [-0.1, -0.05) is 60.7 Å². The molecule has 0 saturated carbocycles. The summed E-state index contributed by atoms with van der Waals surface area (Å²) in [6, 6.07) is 21.4. The molecular formula is C19H22N2. The first-order valence-electron chi connectivity index (χ1n) is 7.63. The van der Waals surface area contributed by atoms with Crippen molar-refractivity contribution in [2.45, 2.75) is 12.3 Å². The third-order valence-corrected chi connectivity index (χ3v) is 4.14. The first-order valence-corrected chi connectivity index (χ1v) is 7.63. The lowest BCUT2D eigenvalue weighted by Gasteiger charge is -2.16. The molecule has 0 bridgehead atoms. The van der Waals surface area contributed by atoms with Crippen molar-refractivity contribution in [3.8, 4) is 0 Å². The van der Waals surface area contributed by atoms with Crippen LogP contribution in [-0.2, 0) is 0 Å². The molecule has 1 aliphatic heterocycles. The number of rotatable bonds is 4. The van der Waals surface area contributed by atoms with Crippen LogP contribution in [0.25, 0.3) is 0 Å². The van der Waals surface area contributed by atoms with E-state index in [1.165, 1.54) is 16.8 Å². The molecule has 1 aliphatic rings. The van der Waals surface area contributed by atoms with E-state index in [2.05, 4.69) is 72.6 Å². The van der Waals surface area contributed by atoms with E-state index in [4.69, 9.17) is 4.99 Å². The van der Waals surface area contributed by atoms with E-state index < -0.39 is 0 Å². The van der Waals surface area contributed by atoms with E-state index in [1.54, 1.807) is 0 Å². The fourth-order valence-corrected chi connectivity index (χ4v) is 2.91. The monoisotopic (exact) mass is 278 g/mol. The molecule has 21 heavy (non-hydrogen) atoms. The normalized spacial score (nSPS) is 17.7. The highest BCUT2D eigenvalue weighted by Gasteiger charge is 2.16. The highest BCUT2D eigenvalue weighted by atomic mass is 15.1. The van der Waals surface area contributed by atoms with Crippen LogP contribution in [0.1, 0.15) is 23.5 Å². The Kier molecular flexibility index (Phi) is 4.46. The van der Waals surface area contributed by atoms with Gasteiger partial charge in [0.1, 0.15) is 0 Å². The van der Waals surface area contributed by atoms with Crippen LogP contribution >= 0.6 is 0 Å². The van der Waals surface area contributed by atoms with Crippen molar-refractivity contribution in [3.63, 3.8) is 0 Å². The SMILES string of the molecule is CN1CCC(=NCC(c2ccccc2)c2ccccc2)C1. The Morgan fingerprint density at radius 1 is 0.952 bits per heavy atom. The van der Waals surface area contributed by atoms with Crippen LogP contribution in [0.15, 0.2) is 65.7 Å². The molecule has 2 aromatic rings. The second kappa shape index (κ2) is 6.68. The standard InChI is InChI=1S/C19H22N2/c1-21-13-12-18(15-21)20-14-19(16-8-4-2-5-9-16)17-10-6-3-7-11-17/h2-11,19H,12-15H2,1H3. The third kappa shape index (κ3) is 3.59. The average Bonchev–Trinajstić information content (AvgIpc) is 2.95.